The molecule has 2 saturated carbocycles. The number of carbonyl (C=O) groups is 3. The van der Waals surface area contributed by atoms with Crippen molar-refractivity contribution in [3.05, 3.63) is 82.1 Å². The van der Waals surface area contributed by atoms with Crippen LogP contribution >= 0.6 is 0 Å². The van der Waals surface area contributed by atoms with Gasteiger partial charge in [-0.3, -0.25) is 14.4 Å². The average molecular weight is 653 g/mol. The Morgan fingerprint density at radius 1 is 0.979 bits per heavy atom. The van der Waals surface area contributed by atoms with E-state index >= 15 is 0 Å². The Bertz CT molecular complexity index is 1790. The number of ketones is 3. The van der Waals surface area contributed by atoms with Crippen molar-refractivity contribution in [2.45, 2.75) is 98.0 Å². The van der Waals surface area contributed by atoms with Gasteiger partial charge in [0.05, 0.1) is 5.56 Å². The first-order chi connectivity index (χ1) is 22.5. The molecule has 0 heterocycles. The van der Waals surface area contributed by atoms with Crippen LogP contribution in [0.15, 0.2) is 65.5 Å². The van der Waals surface area contributed by atoms with Crippen molar-refractivity contribution in [1.82, 2.24) is 0 Å². The molecular formula is C41H48O7. The van der Waals surface area contributed by atoms with Gasteiger partial charge in [-0.05, 0) is 72.8 Å². The molecule has 2 aromatic rings. The van der Waals surface area contributed by atoms with Gasteiger partial charge in [-0.2, -0.15) is 0 Å². The number of hydrogen-bond donors (Lipinski definition) is 4. The van der Waals surface area contributed by atoms with E-state index in [0.29, 0.717) is 5.56 Å². The van der Waals surface area contributed by atoms with Gasteiger partial charge in [-0.15, -0.1) is 0 Å². The van der Waals surface area contributed by atoms with E-state index in [9.17, 15) is 34.8 Å². The summed E-state index contributed by atoms with van der Waals surface area (Å²) >= 11 is 0. The number of aromatic hydroxyl groups is 1. The van der Waals surface area contributed by atoms with Gasteiger partial charge in [-0.1, -0.05) is 102 Å². The lowest BCUT2D eigenvalue weighted by molar-refractivity contribution is -0.178. The van der Waals surface area contributed by atoms with Crippen LogP contribution in [0.25, 0.3) is 16.9 Å². The molecule has 7 heteroatoms. The summed E-state index contributed by atoms with van der Waals surface area (Å²) < 4.78 is 0. The average Bonchev–Trinajstić information content (AvgIpc) is 2.99. The van der Waals surface area contributed by atoms with Crippen molar-refractivity contribution in [2.24, 2.45) is 28.6 Å². The molecular weight excluding hydrogens is 604 g/mol. The molecule has 2 fully saturated rings. The standard InChI is InChI=1S/C41H48O7/c1-22(2)33-35(44)31(24(4)42)37(46)41(48)38(47)34-36(45)32-29(20-39(34,5)21-40(33,41)6)28(16-17-30(32)43)27-14-12-26(13-15-27)19-23(3)18-25-10-8-7-9-11-25/h12-17,22,25,33,43,45-46,48H,3,7-11,18-21H2,1-2,4-6H3/t33?,39-,40-,41+/m1/s1. The predicted molar refractivity (Wildman–Crippen MR) is 185 cm³/mol. The molecule has 4 aliphatic rings. The second-order valence-corrected chi connectivity index (χ2v) is 15.8. The fourth-order valence-electron chi connectivity index (χ4n) is 9.95. The SMILES string of the molecule is C=C(Cc1ccc(-c2ccc(O)c3c2C[C@]2(C)C[C@]4(C)C(C(C)C)C(=O)C(C(C)=O)=C(O)[C@]4(O)C(=O)C2=C3O)cc1)CC1CCCCC1. The van der Waals surface area contributed by atoms with Crippen LogP contribution in [0.2, 0.25) is 0 Å². The smallest absolute Gasteiger partial charge is 0.203 e. The van der Waals surface area contributed by atoms with E-state index in [2.05, 4.69) is 18.7 Å². The maximum atomic E-state index is 14.5. The van der Waals surface area contributed by atoms with Gasteiger partial charge < -0.3 is 20.4 Å². The number of Topliss-reactive ketones (excluding diaryl/α,β-unsaturated/α-hetero) is 3. The van der Waals surface area contributed by atoms with Crippen molar-refractivity contribution in [3.8, 4) is 16.9 Å². The number of allylic oxidation sites excluding steroid dienone is 2. The van der Waals surface area contributed by atoms with Crippen molar-refractivity contribution >= 4 is 23.1 Å². The summed E-state index contributed by atoms with van der Waals surface area (Å²) in [6.45, 7) is 12.5. The Morgan fingerprint density at radius 2 is 1.62 bits per heavy atom. The Kier molecular flexibility index (Phi) is 8.39. The van der Waals surface area contributed by atoms with Gasteiger partial charge in [0.1, 0.15) is 22.8 Å². The third kappa shape index (κ3) is 4.99. The molecule has 0 aliphatic heterocycles. The van der Waals surface area contributed by atoms with Crippen LogP contribution in [0.3, 0.4) is 0 Å². The minimum Gasteiger partial charge on any atom is -0.508 e. The van der Waals surface area contributed by atoms with Gasteiger partial charge in [0.25, 0.3) is 0 Å². The number of carbonyl (C=O) groups excluding carboxylic acids is 3. The summed E-state index contributed by atoms with van der Waals surface area (Å²) in [4.78, 5) is 40.9. The van der Waals surface area contributed by atoms with Crippen LogP contribution in [-0.2, 0) is 27.2 Å². The minimum absolute atomic E-state index is 0.0576. The zero-order valence-corrected chi connectivity index (χ0v) is 28.8. The molecule has 0 amide bonds. The van der Waals surface area contributed by atoms with E-state index < -0.39 is 56.8 Å². The molecule has 4 aliphatic carbocycles. The van der Waals surface area contributed by atoms with Crippen LogP contribution in [-0.4, -0.2) is 43.4 Å². The number of benzene rings is 2. The van der Waals surface area contributed by atoms with Crippen LogP contribution in [0.4, 0.5) is 0 Å². The van der Waals surface area contributed by atoms with Crippen molar-refractivity contribution < 1.29 is 34.8 Å². The van der Waals surface area contributed by atoms with E-state index in [1.165, 1.54) is 43.7 Å². The molecule has 48 heavy (non-hydrogen) atoms. The number of phenolic OH excluding ortho intramolecular Hbond substituents is 1. The molecule has 254 valence electrons. The number of aliphatic hydroxyl groups excluding tert-OH is 2. The van der Waals surface area contributed by atoms with Crippen molar-refractivity contribution in [3.63, 3.8) is 0 Å². The number of hydrogen-bond acceptors (Lipinski definition) is 7. The molecule has 4 N–H and O–H groups in total. The number of aliphatic hydroxyl groups is 3. The molecule has 6 rings (SSSR count). The Balaban J connectivity index is 1.41. The van der Waals surface area contributed by atoms with Crippen molar-refractivity contribution in [1.29, 1.82) is 0 Å². The second-order valence-electron chi connectivity index (χ2n) is 15.8. The highest BCUT2D eigenvalue weighted by molar-refractivity contribution is 6.24. The molecule has 7 nitrogen and oxygen atoms in total. The maximum absolute atomic E-state index is 14.5. The quantitative estimate of drug-likeness (QED) is 0.176. The Morgan fingerprint density at radius 3 is 2.23 bits per heavy atom. The third-order valence-corrected chi connectivity index (χ3v) is 11.9. The Hall–Kier alpha value is -3.97. The van der Waals surface area contributed by atoms with Crippen LogP contribution < -0.4 is 0 Å². The van der Waals surface area contributed by atoms with Crippen LogP contribution in [0.5, 0.6) is 5.75 Å². The van der Waals surface area contributed by atoms with Gasteiger partial charge in [-0.25, -0.2) is 0 Å². The molecule has 0 saturated heterocycles. The molecule has 1 unspecified atom stereocenters. The zero-order valence-electron chi connectivity index (χ0n) is 28.8. The summed E-state index contributed by atoms with van der Waals surface area (Å²) in [5.41, 5.74) is -1.05. The van der Waals surface area contributed by atoms with E-state index in [-0.39, 0.29) is 35.6 Å². The van der Waals surface area contributed by atoms with Crippen LogP contribution in [0.1, 0.15) is 96.3 Å². The first kappa shape index (κ1) is 33.9. The maximum Gasteiger partial charge on any atom is 0.203 e. The molecule has 0 radical (unpaired) electrons. The monoisotopic (exact) mass is 652 g/mol. The number of fused-ring (bicyclic) bond motifs is 3. The van der Waals surface area contributed by atoms with E-state index in [0.717, 1.165) is 42.4 Å². The van der Waals surface area contributed by atoms with E-state index in [4.69, 9.17) is 0 Å². The van der Waals surface area contributed by atoms with Crippen LogP contribution in [0, 0.1) is 28.6 Å². The normalized spacial score (nSPS) is 29.1. The summed E-state index contributed by atoms with van der Waals surface area (Å²) in [7, 11) is 0. The topological polar surface area (TPSA) is 132 Å². The molecule has 0 spiro atoms. The molecule has 0 aromatic heterocycles. The van der Waals surface area contributed by atoms with Gasteiger partial charge in [0, 0.05) is 22.3 Å². The fourth-order valence-corrected chi connectivity index (χ4v) is 9.95. The number of rotatable bonds is 7. The highest BCUT2D eigenvalue weighted by atomic mass is 16.3. The highest BCUT2D eigenvalue weighted by Gasteiger charge is 2.72. The Labute approximate surface area is 283 Å². The fraction of sp³-hybridized carbons (Fsp3) is 0.488. The molecule has 0 bridgehead atoms. The lowest BCUT2D eigenvalue weighted by Gasteiger charge is -2.59. The van der Waals surface area contributed by atoms with Gasteiger partial charge >= 0.3 is 0 Å². The summed E-state index contributed by atoms with van der Waals surface area (Å²) in [6, 6.07) is 11.5. The summed E-state index contributed by atoms with van der Waals surface area (Å²) in [5.74, 6) is -4.54. The second kappa shape index (κ2) is 11.9. The molecule has 4 atom stereocenters. The first-order valence-corrected chi connectivity index (χ1v) is 17.4. The van der Waals surface area contributed by atoms with Crippen molar-refractivity contribution in [2.75, 3.05) is 0 Å². The highest BCUT2D eigenvalue weighted by Crippen LogP contribution is 2.65. The summed E-state index contributed by atoms with van der Waals surface area (Å²) in [5, 5.41) is 46.6. The minimum atomic E-state index is -2.62. The van der Waals surface area contributed by atoms with Gasteiger partial charge in [0.2, 0.25) is 5.78 Å². The van der Waals surface area contributed by atoms with E-state index in [1.807, 2.05) is 25.1 Å². The summed E-state index contributed by atoms with van der Waals surface area (Å²) in [6.07, 6.45) is 8.65. The van der Waals surface area contributed by atoms with Gasteiger partial charge in [0.15, 0.2) is 17.2 Å². The predicted octanol–water partition coefficient (Wildman–Crippen LogP) is 7.93. The molecule has 2 aromatic carbocycles. The zero-order chi connectivity index (χ0) is 34.9. The first-order valence-electron chi connectivity index (χ1n) is 17.4. The largest absolute Gasteiger partial charge is 0.508 e. The lowest BCUT2D eigenvalue weighted by Crippen LogP contribution is -2.69. The lowest BCUT2D eigenvalue weighted by atomic mass is 9.43. The third-order valence-electron chi connectivity index (χ3n) is 11.9. The number of phenols is 1. The van der Waals surface area contributed by atoms with E-state index in [1.54, 1.807) is 20.8 Å².